The first kappa shape index (κ1) is 15.0. The lowest BCUT2D eigenvalue weighted by molar-refractivity contribution is -0.137. The first-order valence-corrected chi connectivity index (χ1v) is 7.58. The number of aromatic nitrogens is 1. The fourth-order valence-corrected chi connectivity index (χ4v) is 2.85. The standard InChI is InChI=1S/C16H24N2O2/c1-2-13-6-7-14(17-11-13)12-18-10-4-3-5-15(18)8-9-16(19)20/h6-7,11,15H,2-5,8-10,12H2,1H3,(H,19,20). The van der Waals surface area contributed by atoms with Gasteiger partial charge in [0.05, 0.1) is 5.69 Å². The summed E-state index contributed by atoms with van der Waals surface area (Å²) >= 11 is 0. The summed E-state index contributed by atoms with van der Waals surface area (Å²) in [7, 11) is 0. The average molecular weight is 276 g/mol. The van der Waals surface area contributed by atoms with Crippen molar-refractivity contribution in [2.45, 2.75) is 58.0 Å². The van der Waals surface area contributed by atoms with Crippen molar-refractivity contribution in [1.82, 2.24) is 9.88 Å². The summed E-state index contributed by atoms with van der Waals surface area (Å²) in [5.74, 6) is -0.694. The van der Waals surface area contributed by atoms with Crippen molar-refractivity contribution >= 4 is 5.97 Å². The van der Waals surface area contributed by atoms with Crippen LogP contribution < -0.4 is 0 Å². The van der Waals surface area contributed by atoms with Crippen LogP contribution in [-0.2, 0) is 17.8 Å². The maximum absolute atomic E-state index is 10.7. The topological polar surface area (TPSA) is 53.4 Å². The predicted octanol–water partition coefficient (Wildman–Crippen LogP) is 2.86. The van der Waals surface area contributed by atoms with Crippen LogP contribution in [0.2, 0.25) is 0 Å². The third-order valence-corrected chi connectivity index (χ3v) is 4.10. The lowest BCUT2D eigenvalue weighted by Crippen LogP contribution is -2.39. The molecule has 0 aliphatic carbocycles. The van der Waals surface area contributed by atoms with E-state index in [-0.39, 0.29) is 6.42 Å². The van der Waals surface area contributed by atoms with Crippen molar-refractivity contribution in [2.24, 2.45) is 0 Å². The molecule has 0 aromatic carbocycles. The van der Waals surface area contributed by atoms with E-state index in [0.29, 0.717) is 6.04 Å². The van der Waals surface area contributed by atoms with E-state index in [1.807, 2.05) is 6.20 Å². The highest BCUT2D eigenvalue weighted by atomic mass is 16.4. The van der Waals surface area contributed by atoms with E-state index in [1.165, 1.54) is 18.4 Å². The lowest BCUT2D eigenvalue weighted by atomic mass is 9.97. The molecular formula is C16H24N2O2. The molecule has 2 rings (SSSR count). The summed E-state index contributed by atoms with van der Waals surface area (Å²) in [5, 5.41) is 8.85. The molecule has 0 saturated carbocycles. The molecule has 4 nitrogen and oxygen atoms in total. The van der Waals surface area contributed by atoms with Gasteiger partial charge in [-0.15, -0.1) is 0 Å². The van der Waals surface area contributed by atoms with Gasteiger partial charge in [0.2, 0.25) is 0 Å². The third-order valence-electron chi connectivity index (χ3n) is 4.10. The number of aliphatic carboxylic acids is 1. The molecule has 1 aliphatic rings. The number of hydrogen-bond donors (Lipinski definition) is 1. The minimum atomic E-state index is -0.694. The van der Waals surface area contributed by atoms with Gasteiger partial charge in [0.25, 0.3) is 0 Å². The maximum Gasteiger partial charge on any atom is 0.303 e. The fraction of sp³-hybridized carbons (Fsp3) is 0.625. The second-order valence-corrected chi connectivity index (χ2v) is 5.56. The molecule has 0 radical (unpaired) electrons. The van der Waals surface area contributed by atoms with Gasteiger partial charge in [0, 0.05) is 25.2 Å². The summed E-state index contributed by atoms with van der Waals surface area (Å²) in [6, 6.07) is 4.63. The molecule has 20 heavy (non-hydrogen) atoms. The zero-order chi connectivity index (χ0) is 14.4. The molecule has 4 heteroatoms. The Labute approximate surface area is 120 Å². The van der Waals surface area contributed by atoms with Crippen LogP contribution in [0.1, 0.15) is 50.3 Å². The quantitative estimate of drug-likeness (QED) is 0.868. The van der Waals surface area contributed by atoms with Crippen molar-refractivity contribution in [1.29, 1.82) is 0 Å². The third kappa shape index (κ3) is 4.30. The Kier molecular flexibility index (Phi) is 5.53. The molecule has 1 unspecified atom stereocenters. The van der Waals surface area contributed by atoms with Crippen LogP contribution >= 0.6 is 0 Å². The van der Waals surface area contributed by atoms with E-state index in [1.54, 1.807) is 0 Å². The van der Waals surface area contributed by atoms with Crippen LogP contribution in [0.5, 0.6) is 0 Å². The minimum absolute atomic E-state index is 0.267. The molecule has 1 aromatic heterocycles. The number of likely N-dealkylation sites (tertiary alicyclic amines) is 1. The normalized spacial score (nSPS) is 19.9. The number of pyridine rings is 1. The Hall–Kier alpha value is -1.42. The van der Waals surface area contributed by atoms with E-state index in [0.717, 1.165) is 38.0 Å². The zero-order valence-corrected chi connectivity index (χ0v) is 12.2. The number of aryl methyl sites for hydroxylation is 1. The van der Waals surface area contributed by atoms with Gasteiger partial charge in [-0.3, -0.25) is 14.7 Å². The second-order valence-electron chi connectivity index (χ2n) is 5.56. The van der Waals surface area contributed by atoms with Crippen molar-refractivity contribution in [3.8, 4) is 0 Å². The van der Waals surface area contributed by atoms with Gasteiger partial charge in [-0.05, 0) is 43.9 Å². The van der Waals surface area contributed by atoms with Crippen LogP contribution in [0.15, 0.2) is 18.3 Å². The molecule has 1 fully saturated rings. The van der Waals surface area contributed by atoms with Gasteiger partial charge in [0.1, 0.15) is 0 Å². The van der Waals surface area contributed by atoms with Crippen LogP contribution in [0.4, 0.5) is 0 Å². The van der Waals surface area contributed by atoms with Crippen molar-refractivity contribution in [2.75, 3.05) is 6.54 Å². The Balaban J connectivity index is 1.94. The largest absolute Gasteiger partial charge is 0.481 e. The van der Waals surface area contributed by atoms with Crippen molar-refractivity contribution in [3.63, 3.8) is 0 Å². The highest BCUT2D eigenvalue weighted by molar-refractivity contribution is 5.66. The summed E-state index contributed by atoms with van der Waals surface area (Å²) in [4.78, 5) is 17.7. The van der Waals surface area contributed by atoms with Gasteiger partial charge < -0.3 is 5.11 Å². The molecular weight excluding hydrogens is 252 g/mol. The predicted molar refractivity (Wildman–Crippen MR) is 78.5 cm³/mol. The lowest BCUT2D eigenvalue weighted by Gasteiger charge is -2.35. The minimum Gasteiger partial charge on any atom is -0.481 e. The molecule has 1 N–H and O–H groups in total. The molecule has 1 aliphatic heterocycles. The van der Waals surface area contributed by atoms with Crippen molar-refractivity contribution < 1.29 is 9.90 Å². The maximum atomic E-state index is 10.7. The highest BCUT2D eigenvalue weighted by Crippen LogP contribution is 2.22. The molecule has 1 atom stereocenters. The molecule has 2 heterocycles. The Bertz CT molecular complexity index is 431. The first-order valence-electron chi connectivity index (χ1n) is 7.58. The van der Waals surface area contributed by atoms with E-state index >= 15 is 0 Å². The number of hydrogen-bond acceptors (Lipinski definition) is 3. The molecule has 0 amide bonds. The van der Waals surface area contributed by atoms with Crippen molar-refractivity contribution in [3.05, 3.63) is 29.6 Å². The van der Waals surface area contributed by atoms with E-state index in [4.69, 9.17) is 5.11 Å². The Morgan fingerprint density at radius 1 is 1.45 bits per heavy atom. The van der Waals surface area contributed by atoms with Gasteiger partial charge in [-0.2, -0.15) is 0 Å². The fourth-order valence-electron chi connectivity index (χ4n) is 2.85. The monoisotopic (exact) mass is 276 g/mol. The molecule has 0 bridgehead atoms. The average Bonchev–Trinajstić information content (AvgIpc) is 2.47. The van der Waals surface area contributed by atoms with Gasteiger partial charge >= 0.3 is 5.97 Å². The van der Waals surface area contributed by atoms with Gasteiger partial charge in [-0.1, -0.05) is 19.4 Å². The SMILES string of the molecule is CCc1ccc(CN2CCCCC2CCC(=O)O)nc1. The molecule has 1 aromatic rings. The smallest absolute Gasteiger partial charge is 0.303 e. The number of piperidine rings is 1. The second kappa shape index (κ2) is 7.39. The van der Waals surface area contributed by atoms with Gasteiger partial charge in [-0.25, -0.2) is 0 Å². The van der Waals surface area contributed by atoms with Crippen LogP contribution in [-0.4, -0.2) is 33.5 Å². The Morgan fingerprint density at radius 3 is 2.95 bits per heavy atom. The zero-order valence-electron chi connectivity index (χ0n) is 12.2. The van der Waals surface area contributed by atoms with E-state index in [9.17, 15) is 4.79 Å². The highest BCUT2D eigenvalue weighted by Gasteiger charge is 2.23. The van der Waals surface area contributed by atoms with Crippen LogP contribution in [0.25, 0.3) is 0 Å². The van der Waals surface area contributed by atoms with Crippen LogP contribution in [0, 0.1) is 0 Å². The number of rotatable bonds is 6. The summed E-state index contributed by atoms with van der Waals surface area (Å²) in [6.45, 7) is 4.03. The Morgan fingerprint density at radius 2 is 2.30 bits per heavy atom. The summed E-state index contributed by atoms with van der Waals surface area (Å²) in [6.07, 6.45) is 7.51. The van der Waals surface area contributed by atoms with E-state index < -0.39 is 5.97 Å². The van der Waals surface area contributed by atoms with Gasteiger partial charge in [0.15, 0.2) is 0 Å². The molecule has 0 spiro atoms. The summed E-state index contributed by atoms with van der Waals surface area (Å²) in [5.41, 5.74) is 2.35. The number of nitrogens with zero attached hydrogens (tertiary/aromatic N) is 2. The molecule has 1 saturated heterocycles. The number of carboxylic acid groups (broad SMARTS) is 1. The number of carboxylic acids is 1. The number of carbonyl (C=O) groups is 1. The van der Waals surface area contributed by atoms with Crippen LogP contribution in [0.3, 0.4) is 0 Å². The first-order chi connectivity index (χ1) is 9.69. The molecule has 110 valence electrons. The van der Waals surface area contributed by atoms with E-state index in [2.05, 4.69) is 28.9 Å². The summed E-state index contributed by atoms with van der Waals surface area (Å²) < 4.78 is 0.